The SMILES string of the molecule is CCNC(=O)C(C)N(Cc1ccccc1)C(=O)CN(c1ccc(C)cc1)S(=O)(=O)c1ccc(OCC)cc1. The zero-order valence-electron chi connectivity index (χ0n) is 22.3. The Hall–Kier alpha value is -3.85. The number of hydrogen-bond donors (Lipinski definition) is 1. The quantitative estimate of drug-likeness (QED) is 0.375. The van der Waals surface area contributed by atoms with Crippen LogP contribution in [-0.4, -0.2) is 50.9 Å². The number of likely N-dealkylation sites (N-methyl/N-ethyl adjacent to an activating group) is 1. The van der Waals surface area contributed by atoms with Crippen molar-refractivity contribution >= 4 is 27.5 Å². The number of hydrogen-bond acceptors (Lipinski definition) is 5. The normalized spacial score (nSPS) is 11.9. The van der Waals surface area contributed by atoms with E-state index in [1.807, 2.05) is 44.2 Å². The van der Waals surface area contributed by atoms with Crippen LogP contribution in [0.25, 0.3) is 0 Å². The van der Waals surface area contributed by atoms with Gasteiger partial charge < -0.3 is 15.0 Å². The molecule has 0 fully saturated rings. The molecule has 0 saturated carbocycles. The standard InChI is InChI=1S/C29H35N3O5S/c1-5-30-29(34)23(4)31(20-24-10-8-7-9-11-24)28(33)21-32(25-14-12-22(3)13-15-25)38(35,36)27-18-16-26(17-19-27)37-6-2/h7-19,23H,5-6,20-21H2,1-4H3,(H,30,34). The van der Waals surface area contributed by atoms with Gasteiger partial charge in [-0.1, -0.05) is 48.0 Å². The summed E-state index contributed by atoms with van der Waals surface area (Å²) in [6, 6.07) is 21.5. The van der Waals surface area contributed by atoms with Crippen molar-refractivity contribution in [2.24, 2.45) is 0 Å². The molecule has 0 aliphatic rings. The minimum absolute atomic E-state index is 0.0284. The van der Waals surface area contributed by atoms with Gasteiger partial charge in [0.05, 0.1) is 17.2 Å². The van der Waals surface area contributed by atoms with E-state index in [0.29, 0.717) is 24.6 Å². The Morgan fingerprint density at radius 3 is 2.13 bits per heavy atom. The van der Waals surface area contributed by atoms with Crippen molar-refractivity contribution in [2.45, 2.75) is 45.2 Å². The fraction of sp³-hybridized carbons (Fsp3) is 0.310. The molecule has 0 spiro atoms. The second-order valence-electron chi connectivity index (χ2n) is 8.83. The molecule has 1 atom stereocenters. The van der Waals surface area contributed by atoms with E-state index in [0.717, 1.165) is 15.4 Å². The van der Waals surface area contributed by atoms with Gasteiger partial charge in [0, 0.05) is 13.1 Å². The molecule has 9 heteroatoms. The van der Waals surface area contributed by atoms with Crippen LogP contribution in [0.3, 0.4) is 0 Å². The number of sulfonamides is 1. The molecule has 202 valence electrons. The molecule has 0 bridgehead atoms. The van der Waals surface area contributed by atoms with E-state index in [1.54, 1.807) is 50.2 Å². The van der Waals surface area contributed by atoms with Crippen molar-refractivity contribution < 1.29 is 22.7 Å². The van der Waals surface area contributed by atoms with Gasteiger partial charge in [-0.3, -0.25) is 13.9 Å². The number of nitrogens with zero attached hydrogens (tertiary/aromatic N) is 2. The molecule has 1 N–H and O–H groups in total. The molecule has 0 radical (unpaired) electrons. The fourth-order valence-corrected chi connectivity index (χ4v) is 5.34. The number of carbonyl (C=O) groups excluding carboxylic acids is 2. The maximum absolute atomic E-state index is 13.8. The molecule has 3 aromatic carbocycles. The molecule has 2 amide bonds. The Balaban J connectivity index is 2.00. The molecule has 0 aliphatic heterocycles. The molecule has 0 heterocycles. The van der Waals surface area contributed by atoms with E-state index in [-0.39, 0.29) is 17.3 Å². The highest BCUT2D eigenvalue weighted by atomic mass is 32.2. The number of nitrogens with one attached hydrogen (secondary N) is 1. The Kier molecular flexibility index (Phi) is 9.90. The molecule has 0 saturated heterocycles. The minimum Gasteiger partial charge on any atom is -0.494 e. The Morgan fingerprint density at radius 1 is 0.921 bits per heavy atom. The molecular weight excluding hydrogens is 502 g/mol. The maximum atomic E-state index is 13.8. The number of anilines is 1. The number of benzene rings is 3. The van der Waals surface area contributed by atoms with Crippen molar-refractivity contribution in [3.63, 3.8) is 0 Å². The average molecular weight is 538 g/mol. The van der Waals surface area contributed by atoms with Crippen molar-refractivity contribution in [1.29, 1.82) is 0 Å². The van der Waals surface area contributed by atoms with Gasteiger partial charge in [-0.2, -0.15) is 0 Å². The first-order valence-corrected chi connectivity index (χ1v) is 14.0. The summed E-state index contributed by atoms with van der Waals surface area (Å²) in [5.74, 6) is -0.259. The van der Waals surface area contributed by atoms with E-state index in [2.05, 4.69) is 5.32 Å². The lowest BCUT2D eigenvalue weighted by Crippen LogP contribution is -2.51. The lowest BCUT2D eigenvalue weighted by molar-refractivity contribution is -0.139. The van der Waals surface area contributed by atoms with Crippen LogP contribution in [-0.2, 0) is 26.2 Å². The summed E-state index contributed by atoms with van der Waals surface area (Å²) in [5, 5.41) is 2.75. The predicted molar refractivity (Wildman–Crippen MR) is 148 cm³/mol. The second-order valence-corrected chi connectivity index (χ2v) is 10.7. The molecule has 3 aromatic rings. The van der Waals surface area contributed by atoms with Gasteiger partial charge >= 0.3 is 0 Å². The van der Waals surface area contributed by atoms with Gasteiger partial charge in [0.25, 0.3) is 10.0 Å². The minimum atomic E-state index is -4.13. The summed E-state index contributed by atoms with van der Waals surface area (Å²) in [6.07, 6.45) is 0. The van der Waals surface area contributed by atoms with Gasteiger partial charge in [0.15, 0.2) is 0 Å². The van der Waals surface area contributed by atoms with Gasteiger partial charge in [-0.15, -0.1) is 0 Å². The average Bonchev–Trinajstić information content (AvgIpc) is 2.91. The number of amides is 2. The first-order valence-electron chi connectivity index (χ1n) is 12.6. The third-order valence-electron chi connectivity index (χ3n) is 6.04. The first kappa shape index (κ1) is 28.7. The number of aryl methyl sites for hydroxylation is 1. The summed E-state index contributed by atoms with van der Waals surface area (Å²) in [6.45, 7) is 7.74. The van der Waals surface area contributed by atoms with E-state index >= 15 is 0 Å². The monoisotopic (exact) mass is 537 g/mol. The summed E-state index contributed by atoms with van der Waals surface area (Å²) < 4.78 is 34.2. The summed E-state index contributed by atoms with van der Waals surface area (Å²) in [4.78, 5) is 28.0. The van der Waals surface area contributed by atoms with Gasteiger partial charge in [0.1, 0.15) is 18.3 Å². The van der Waals surface area contributed by atoms with Crippen LogP contribution in [0, 0.1) is 6.92 Å². The van der Waals surface area contributed by atoms with E-state index in [1.165, 1.54) is 17.0 Å². The van der Waals surface area contributed by atoms with Gasteiger partial charge in [-0.25, -0.2) is 8.42 Å². The largest absolute Gasteiger partial charge is 0.494 e. The van der Waals surface area contributed by atoms with Crippen LogP contribution in [0.4, 0.5) is 5.69 Å². The van der Waals surface area contributed by atoms with Crippen molar-refractivity contribution in [3.05, 3.63) is 90.0 Å². The van der Waals surface area contributed by atoms with Crippen LogP contribution >= 0.6 is 0 Å². The molecule has 1 unspecified atom stereocenters. The van der Waals surface area contributed by atoms with Crippen LogP contribution in [0.1, 0.15) is 31.9 Å². The lowest BCUT2D eigenvalue weighted by Gasteiger charge is -2.32. The number of rotatable bonds is 12. The highest BCUT2D eigenvalue weighted by Crippen LogP contribution is 2.26. The van der Waals surface area contributed by atoms with E-state index in [4.69, 9.17) is 4.74 Å². The van der Waals surface area contributed by atoms with Crippen LogP contribution in [0.5, 0.6) is 5.75 Å². The summed E-state index contributed by atoms with van der Waals surface area (Å²) in [5.41, 5.74) is 2.13. The van der Waals surface area contributed by atoms with E-state index < -0.39 is 28.5 Å². The zero-order valence-corrected chi connectivity index (χ0v) is 23.1. The van der Waals surface area contributed by atoms with Gasteiger partial charge in [0.2, 0.25) is 11.8 Å². The predicted octanol–water partition coefficient (Wildman–Crippen LogP) is 4.14. The second kappa shape index (κ2) is 13.1. The molecule has 3 rings (SSSR count). The Morgan fingerprint density at radius 2 is 1.55 bits per heavy atom. The number of ether oxygens (including phenoxy) is 1. The third-order valence-corrected chi connectivity index (χ3v) is 7.83. The molecule has 0 aliphatic carbocycles. The summed E-state index contributed by atoms with van der Waals surface area (Å²) >= 11 is 0. The van der Waals surface area contributed by atoms with Crippen LogP contribution < -0.4 is 14.4 Å². The van der Waals surface area contributed by atoms with Crippen LogP contribution in [0.2, 0.25) is 0 Å². The third kappa shape index (κ3) is 7.13. The van der Waals surface area contributed by atoms with Crippen LogP contribution in [0.15, 0.2) is 83.8 Å². The lowest BCUT2D eigenvalue weighted by atomic mass is 10.1. The van der Waals surface area contributed by atoms with Crippen molar-refractivity contribution in [3.8, 4) is 5.75 Å². The Labute approximate surface area is 225 Å². The fourth-order valence-electron chi connectivity index (χ4n) is 3.93. The molecule has 8 nitrogen and oxygen atoms in total. The smallest absolute Gasteiger partial charge is 0.264 e. The maximum Gasteiger partial charge on any atom is 0.264 e. The zero-order chi connectivity index (χ0) is 27.7. The van der Waals surface area contributed by atoms with Gasteiger partial charge in [-0.05, 0) is 69.7 Å². The number of carbonyl (C=O) groups is 2. The first-order chi connectivity index (χ1) is 18.2. The van der Waals surface area contributed by atoms with E-state index in [9.17, 15) is 18.0 Å². The molecule has 38 heavy (non-hydrogen) atoms. The highest BCUT2D eigenvalue weighted by molar-refractivity contribution is 7.92. The van der Waals surface area contributed by atoms with Crippen molar-refractivity contribution in [2.75, 3.05) is 24.0 Å². The summed E-state index contributed by atoms with van der Waals surface area (Å²) in [7, 11) is -4.13. The Bertz CT molecular complexity index is 1310. The molecular formula is C29H35N3O5S. The highest BCUT2D eigenvalue weighted by Gasteiger charge is 2.32. The topological polar surface area (TPSA) is 96.0 Å². The van der Waals surface area contributed by atoms with Crippen molar-refractivity contribution in [1.82, 2.24) is 10.2 Å². The molecule has 0 aromatic heterocycles.